The first kappa shape index (κ1) is 18.4. The topological polar surface area (TPSA) is 71.0 Å². The van der Waals surface area contributed by atoms with Crippen molar-refractivity contribution >= 4 is 17.5 Å². The molecule has 1 aromatic rings. The fourth-order valence-electron chi connectivity index (χ4n) is 4.01. The Kier molecular flexibility index (Phi) is 5.73. The van der Waals surface area contributed by atoms with E-state index >= 15 is 0 Å². The Bertz CT molecular complexity index is 651. The van der Waals surface area contributed by atoms with Gasteiger partial charge in [0.05, 0.1) is 13.2 Å². The van der Waals surface area contributed by atoms with Crippen LogP contribution in [0.15, 0.2) is 6.07 Å². The molecule has 0 aromatic carbocycles. The molecular weight excluding hydrogens is 346 g/mol. The molecule has 3 aliphatic heterocycles. The summed E-state index contributed by atoms with van der Waals surface area (Å²) in [5.74, 6) is 3.16. The molecule has 3 fully saturated rings. The van der Waals surface area contributed by atoms with Crippen LogP contribution in [0.2, 0.25) is 0 Å². The highest BCUT2D eigenvalue weighted by molar-refractivity contribution is 5.79. The zero-order valence-corrected chi connectivity index (χ0v) is 16.1. The quantitative estimate of drug-likeness (QED) is 0.770. The summed E-state index contributed by atoms with van der Waals surface area (Å²) >= 11 is 0. The van der Waals surface area contributed by atoms with Gasteiger partial charge >= 0.3 is 0 Å². The number of aromatic nitrogens is 2. The third-order valence-electron chi connectivity index (χ3n) is 5.63. The Balaban J connectivity index is 1.39. The molecule has 0 bridgehead atoms. The minimum Gasteiger partial charge on any atom is -0.381 e. The number of anilines is 2. The highest BCUT2D eigenvalue weighted by Gasteiger charge is 2.29. The fraction of sp³-hybridized carbons (Fsp3) is 0.737. The molecule has 1 amide bonds. The second-order valence-electron chi connectivity index (χ2n) is 7.43. The van der Waals surface area contributed by atoms with E-state index in [9.17, 15) is 4.79 Å². The van der Waals surface area contributed by atoms with Crippen LogP contribution in [0.1, 0.15) is 18.7 Å². The second-order valence-corrected chi connectivity index (χ2v) is 7.43. The van der Waals surface area contributed by atoms with Crippen molar-refractivity contribution in [1.29, 1.82) is 0 Å². The second kappa shape index (κ2) is 8.39. The highest BCUT2D eigenvalue weighted by atomic mass is 16.5. The molecule has 0 spiro atoms. The lowest BCUT2D eigenvalue weighted by molar-refractivity contribution is -0.138. The number of hydrogen-bond donors (Lipinski definition) is 0. The van der Waals surface area contributed by atoms with Crippen LogP contribution in [0.4, 0.5) is 11.6 Å². The number of rotatable bonds is 3. The zero-order valence-electron chi connectivity index (χ0n) is 16.1. The smallest absolute Gasteiger partial charge is 0.225 e. The van der Waals surface area contributed by atoms with Crippen molar-refractivity contribution in [3.8, 4) is 0 Å². The summed E-state index contributed by atoms with van der Waals surface area (Å²) in [7, 11) is 0. The lowest BCUT2D eigenvalue weighted by Gasteiger charge is -2.38. The number of ether oxygens (including phenoxy) is 2. The van der Waals surface area contributed by atoms with E-state index in [0.29, 0.717) is 19.1 Å². The van der Waals surface area contributed by atoms with Crippen LogP contribution in [0.25, 0.3) is 0 Å². The van der Waals surface area contributed by atoms with Crippen molar-refractivity contribution in [2.24, 2.45) is 5.92 Å². The molecular formula is C19H29N5O3. The summed E-state index contributed by atoms with van der Waals surface area (Å²) in [5.41, 5.74) is 0. The van der Waals surface area contributed by atoms with Gasteiger partial charge in [-0.3, -0.25) is 4.79 Å². The van der Waals surface area contributed by atoms with Gasteiger partial charge in [-0.2, -0.15) is 0 Å². The molecule has 0 N–H and O–H groups in total. The molecule has 0 aliphatic carbocycles. The average Bonchev–Trinajstić information content (AvgIpc) is 2.74. The van der Waals surface area contributed by atoms with Gasteiger partial charge in [-0.15, -0.1) is 0 Å². The molecule has 4 heterocycles. The van der Waals surface area contributed by atoms with Crippen molar-refractivity contribution in [3.05, 3.63) is 11.9 Å². The van der Waals surface area contributed by atoms with Crippen molar-refractivity contribution in [2.75, 3.05) is 75.5 Å². The van der Waals surface area contributed by atoms with Crippen LogP contribution in [0.3, 0.4) is 0 Å². The van der Waals surface area contributed by atoms with E-state index in [0.717, 1.165) is 82.8 Å². The van der Waals surface area contributed by atoms with Gasteiger partial charge in [0.2, 0.25) is 5.91 Å². The largest absolute Gasteiger partial charge is 0.381 e. The third kappa shape index (κ3) is 4.32. The number of hydrogen-bond acceptors (Lipinski definition) is 7. The molecule has 0 radical (unpaired) electrons. The molecule has 3 aliphatic rings. The van der Waals surface area contributed by atoms with Gasteiger partial charge in [0.1, 0.15) is 17.5 Å². The van der Waals surface area contributed by atoms with Crippen molar-refractivity contribution in [2.45, 2.75) is 19.8 Å². The van der Waals surface area contributed by atoms with Crippen LogP contribution in [0.5, 0.6) is 0 Å². The molecule has 8 heteroatoms. The summed E-state index contributed by atoms with van der Waals surface area (Å²) in [6, 6.07) is 2.08. The first-order chi connectivity index (χ1) is 13.2. The molecule has 0 atom stereocenters. The SMILES string of the molecule is Cc1nc(N2CCOCC2)cc(N2CCN(C(=O)C3CCOCC3)CC2)n1. The Morgan fingerprint density at radius 1 is 0.889 bits per heavy atom. The van der Waals surface area contributed by atoms with Crippen LogP contribution >= 0.6 is 0 Å². The van der Waals surface area contributed by atoms with Crippen molar-refractivity contribution in [1.82, 2.24) is 14.9 Å². The van der Waals surface area contributed by atoms with Crippen molar-refractivity contribution in [3.63, 3.8) is 0 Å². The summed E-state index contributed by atoms with van der Waals surface area (Å²) in [5, 5.41) is 0. The van der Waals surface area contributed by atoms with Crippen molar-refractivity contribution < 1.29 is 14.3 Å². The normalized spacial score (nSPS) is 22.2. The van der Waals surface area contributed by atoms with E-state index in [2.05, 4.69) is 25.8 Å². The number of aryl methyl sites for hydroxylation is 1. The molecule has 148 valence electrons. The lowest BCUT2D eigenvalue weighted by atomic mass is 9.98. The number of morpholine rings is 1. The van der Waals surface area contributed by atoms with Crippen LogP contribution in [-0.2, 0) is 14.3 Å². The van der Waals surface area contributed by atoms with Crippen LogP contribution in [-0.4, -0.2) is 86.5 Å². The van der Waals surface area contributed by atoms with Gasteiger partial charge in [0.15, 0.2) is 0 Å². The first-order valence-electron chi connectivity index (χ1n) is 10.0. The number of carbonyl (C=O) groups excluding carboxylic acids is 1. The van der Waals surface area contributed by atoms with Gasteiger partial charge in [-0.1, -0.05) is 0 Å². The van der Waals surface area contributed by atoms with Gasteiger partial charge < -0.3 is 24.2 Å². The molecule has 27 heavy (non-hydrogen) atoms. The zero-order chi connectivity index (χ0) is 18.6. The van der Waals surface area contributed by atoms with E-state index in [1.54, 1.807) is 0 Å². The maximum absolute atomic E-state index is 12.7. The van der Waals surface area contributed by atoms with Gasteiger partial charge in [-0.25, -0.2) is 9.97 Å². The van der Waals surface area contributed by atoms with E-state index in [4.69, 9.17) is 9.47 Å². The molecule has 3 saturated heterocycles. The Morgan fingerprint density at radius 3 is 2.07 bits per heavy atom. The van der Waals surface area contributed by atoms with Gasteiger partial charge in [0, 0.05) is 64.5 Å². The number of piperazine rings is 1. The van der Waals surface area contributed by atoms with Gasteiger partial charge in [0.25, 0.3) is 0 Å². The standard InChI is InChI=1S/C19H29N5O3/c1-15-20-17(14-18(21-15)23-8-12-27-13-9-23)22-4-6-24(7-5-22)19(25)16-2-10-26-11-3-16/h14,16H,2-13H2,1H3. The first-order valence-corrected chi connectivity index (χ1v) is 10.0. The summed E-state index contributed by atoms with van der Waals surface area (Å²) in [6.07, 6.45) is 1.71. The Labute approximate surface area is 160 Å². The van der Waals surface area contributed by atoms with Crippen LogP contribution < -0.4 is 9.80 Å². The summed E-state index contributed by atoms with van der Waals surface area (Å²) < 4.78 is 10.8. The van der Waals surface area contributed by atoms with E-state index in [-0.39, 0.29) is 5.92 Å². The number of nitrogens with zero attached hydrogens (tertiary/aromatic N) is 5. The maximum Gasteiger partial charge on any atom is 0.225 e. The molecule has 1 aromatic heterocycles. The summed E-state index contributed by atoms with van der Waals surface area (Å²) in [4.78, 5) is 28.5. The summed E-state index contributed by atoms with van der Waals surface area (Å²) in [6.45, 7) is 9.71. The predicted octanol–water partition coefficient (Wildman–Crippen LogP) is 0.697. The lowest BCUT2D eigenvalue weighted by Crippen LogP contribution is -2.51. The van der Waals surface area contributed by atoms with Gasteiger partial charge in [-0.05, 0) is 19.8 Å². The number of amides is 1. The molecule has 4 rings (SSSR count). The fourth-order valence-corrected chi connectivity index (χ4v) is 4.01. The van der Waals surface area contributed by atoms with E-state index < -0.39 is 0 Å². The predicted molar refractivity (Wildman–Crippen MR) is 102 cm³/mol. The number of carbonyl (C=O) groups is 1. The maximum atomic E-state index is 12.7. The molecule has 8 nitrogen and oxygen atoms in total. The van der Waals surface area contributed by atoms with E-state index in [1.807, 2.05) is 11.8 Å². The monoisotopic (exact) mass is 375 g/mol. The Hall–Kier alpha value is -1.93. The minimum absolute atomic E-state index is 0.138. The molecule has 0 unspecified atom stereocenters. The minimum atomic E-state index is 0.138. The third-order valence-corrected chi connectivity index (χ3v) is 5.63. The van der Waals surface area contributed by atoms with E-state index in [1.165, 1.54) is 0 Å². The Morgan fingerprint density at radius 2 is 1.44 bits per heavy atom. The average molecular weight is 375 g/mol. The molecule has 0 saturated carbocycles. The van der Waals surface area contributed by atoms with Crippen LogP contribution in [0, 0.1) is 12.8 Å². The highest BCUT2D eigenvalue weighted by Crippen LogP contribution is 2.23.